The average Bonchev–Trinajstić information content (AvgIpc) is 3.06. The number of carbonyl (C=O) groups excluding carboxylic acids is 1. The molecule has 3 N–H and O–H groups in total. The molecule has 0 saturated heterocycles. The number of carbonyl (C=O) groups is 1. The molecule has 314 valence electrons. The van der Waals surface area contributed by atoms with Gasteiger partial charge in [-0.25, -0.2) is 0 Å². The number of ether oxygens (including phenoxy) is 1. The molecular formula is C52H71O5P. The topological polar surface area (TPSA) is 87.0 Å². The number of methoxy groups -OCH3 is 1. The Morgan fingerprint density at radius 2 is 0.862 bits per heavy atom. The third-order valence-corrected chi connectivity index (χ3v) is 14.3. The van der Waals surface area contributed by atoms with E-state index in [1.165, 1.54) is 30.4 Å². The van der Waals surface area contributed by atoms with Crippen molar-refractivity contribution in [2.75, 3.05) is 7.11 Å². The number of rotatable bonds is 4. The Kier molecular flexibility index (Phi) is 11.0. The van der Waals surface area contributed by atoms with Crippen LogP contribution in [0, 0.1) is 0 Å². The zero-order valence-corrected chi connectivity index (χ0v) is 39.9. The molecule has 0 aliphatic heterocycles. The van der Waals surface area contributed by atoms with Gasteiger partial charge in [0, 0.05) is 0 Å². The SMILES string of the molecule is COC(=O)c1ccc(P(O)(O)(O)c2cc3c(C(C)(C)C)cc(C(C)(C)C)cc3cc2C(C)(C)C)c(-c2cc3c(C(C)(C)C)cc(C(C)(C)C)cc3cc2C(C)(C)C)c1. The van der Waals surface area contributed by atoms with Crippen LogP contribution in [0.25, 0.3) is 32.7 Å². The van der Waals surface area contributed by atoms with Gasteiger partial charge in [0.1, 0.15) is 0 Å². The summed E-state index contributed by atoms with van der Waals surface area (Å²) in [5.74, 6) is -0.559. The fraction of sp³-hybridized carbons (Fsp3) is 0.481. The van der Waals surface area contributed by atoms with Crippen LogP contribution in [0.1, 0.15) is 168 Å². The molecule has 0 radical (unpaired) electrons. The molecule has 6 heteroatoms. The van der Waals surface area contributed by atoms with Gasteiger partial charge in [0.05, 0.1) is 0 Å². The van der Waals surface area contributed by atoms with E-state index in [1.54, 1.807) is 6.07 Å². The molecule has 0 spiro atoms. The fourth-order valence-corrected chi connectivity index (χ4v) is 10.6. The molecule has 0 unspecified atom stereocenters. The van der Waals surface area contributed by atoms with Crippen LogP contribution in [0.15, 0.2) is 66.7 Å². The second-order valence-electron chi connectivity index (χ2n) is 23.0. The molecule has 58 heavy (non-hydrogen) atoms. The van der Waals surface area contributed by atoms with Crippen LogP contribution in [0.5, 0.6) is 0 Å². The Labute approximate surface area is 349 Å². The van der Waals surface area contributed by atoms with Gasteiger partial charge in [-0.1, -0.05) is 0 Å². The third-order valence-electron chi connectivity index (χ3n) is 11.7. The van der Waals surface area contributed by atoms with Crippen molar-refractivity contribution in [3.63, 3.8) is 0 Å². The van der Waals surface area contributed by atoms with E-state index in [0.717, 1.165) is 38.2 Å². The molecule has 0 saturated carbocycles. The van der Waals surface area contributed by atoms with Gasteiger partial charge in [0.15, 0.2) is 0 Å². The zero-order valence-electron chi connectivity index (χ0n) is 39.0. The Morgan fingerprint density at radius 1 is 0.448 bits per heavy atom. The van der Waals surface area contributed by atoms with Gasteiger partial charge in [0.2, 0.25) is 0 Å². The molecule has 0 fully saturated rings. The van der Waals surface area contributed by atoms with E-state index in [0.29, 0.717) is 16.7 Å². The minimum atomic E-state index is -6.07. The van der Waals surface area contributed by atoms with Crippen LogP contribution in [-0.2, 0) is 37.2 Å². The summed E-state index contributed by atoms with van der Waals surface area (Å²) in [7, 11) is -4.73. The zero-order chi connectivity index (χ0) is 44.2. The number of hydrogen-bond donors (Lipinski definition) is 3. The minimum absolute atomic E-state index is 0.0272. The molecule has 0 amide bonds. The Bertz CT molecular complexity index is 2430. The van der Waals surface area contributed by atoms with E-state index in [2.05, 4.69) is 140 Å². The van der Waals surface area contributed by atoms with Crippen molar-refractivity contribution in [2.24, 2.45) is 0 Å². The fourth-order valence-electron chi connectivity index (χ4n) is 8.19. The van der Waals surface area contributed by atoms with Crippen LogP contribution < -0.4 is 10.6 Å². The van der Waals surface area contributed by atoms with E-state index < -0.39 is 24.1 Å². The van der Waals surface area contributed by atoms with E-state index in [9.17, 15) is 19.5 Å². The first-order valence-corrected chi connectivity index (χ1v) is 22.8. The molecule has 5 rings (SSSR count). The average molecular weight is 807 g/mol. The normalized spacial score (nSPS) is 14.5. The van der Waals surface area contributed by atoms with E-state index in [-0.39, 0.29) is 37.8 Å². The van der Waals surface area contributed by atoms with Crippen LogP contribution >= 0.6 is 7.28 Å². The Balaban J connectivity index is 2.03. The first kappa shape index (κ1) is 45.5. The van der Waals surface area contributed by atoms with Crippen LogP contribution in [-0.4, -0.2) is 27.8 Å². The molecule has 0 heterocycles. The summed E-state index contributed by atoms with van der Waals surface area (Å²) in [4.78, 5) is 52.8. The van der Waals surface area contributed by atoms with Crippen molar-refractivity contribution in [1.29, 1.82) is 0 Å². The molecule has 5 nitrogen and oxygen atoms in total. The summed E-state index contributed by atoms with van der Waals surface area (Å²) < 4.78 is 5.21. The molecule has 0 aliphatic carbocycles. The Morgan fingerprint density at radius 3 is 1.26 bits per heavy atom. The van der Waals surface area contributed by atoms with Crippen molar-refractivity contribution >= 4 is 45.4 Å². The Hall–Kier alpha value is -3.60. The summed E-state index contributed by atoms with van der Waals surface area (Å²) >= 11 is 0. The van der Waals surface area contributed by atoms with Crippen molar-refractivity contribution < 1.29 is 24.2 Å². The molecule has 0 atom stereocenters. The molecule has 5 aromatic rings. The van der Waals surface area contributed by atoms with Crippen LogP contribution in [0.2, 0.25) is 0 Å². The predicted molar refractivity (Wildman–Crippen MR) is 250 cm³/mol. The maximum absolute atomic E-state index is 13.3. The van der Waals surface area contributed by atoms with Crippen molar-refractivity contribution in [2.45, 2.75) is 157 Å². The van der Waals surface area contributed by atoms with Crippen molar-refractivity contribution in [1.82, 2.24) is 0 Å². The molecular weight excluding hydrogens is 736 g/mol. The van der Waals surface area contributed by atoms with Crippen molar-refractivity contribution in [3.05, 3.63) is 106 Å². The summed E-state index contributed by atoms with van der Waals surface area (Å²) in [5, 5.41) is 4.01. The van der Waals surface area contributed by atoms with Crippen molar-refractivity contribution in [3.8, 4) is 11.1 Å². The van der Waals surface area contributed by atoms with Gasteiger partial charge in [-0.3, -0.25) is 0 Å². The number of benzene rings is 5. The second kappa shape index (κ2) is 14.0. The van der Waals surface area contributed by atoms with Crippen LogP contribution in [0.4, 0.5) is 0 Å². The van der Waals surface area contributed by atoms with Crippen LogP contribution in [0.3, 0.4) is 0 Å². The van der Waals surface area contributed by atoms with Gasteiger partial charge in [-0.05, 0) is 0 Å². The van der Waals surface area contributed by atoms with Gasteiger partial charge in [0.25, 0.3) is 0 Å². The molecule has 0 bridgehead atoms. The van der Waals surface area contributed by atoms with E-state index in [1.807, 2.05) is 32.9 Å². The first-order valence-electron chi connectivity index (χ1n) is 20.7. The van der Waals surface area contributed by atoms with Gasteiger partial charge in [-0.2, -0.15) is 0 Å². The summed E-state index contributed by atoms with van der Waals surface area (Å²) in [6.07, 6.45) is 0. The monoisotopic (exact) mass is 807 g/mol. The summed E-state index contributed by atoms with van der Waals surface area (Å²) in [6, 6.07) is 21.9. The van der Waals surface area contributed by atoms with E-state index >= 15 is 0 Å². The molecule has 0 aromatic heterocycles. The third kappa shape index (κ3) is 8.53. The number of hydrogen-bond acceptors (Lipinski definition) is 5. The molecule has 0 aliphatic rings. The standard InChI is InChI=1S/C52H71O5P/c1-47(2,3)34-22-32-25-40(49(7,8)9)38(29-36(32)41(27-34)50(10,11)12)39-24-31(46(53)57-19)20-21-44(39)58(54,55,56)45-30-37-33(26-43(45)52(16,17)18)23-35(48(4,5)6)28-42(37)51(13,14)15/h20-30,54-56H,1-19H3. The quantitative estimate of drug-likeness (QED) is 0.124. The maximum atomic E-state index is 13.3. The number of fused-ring (bicyclic) bond motifs is 2. The van der Waals surface area contributed by atoms with Gasteiger partial charge < -0.3 is 0 Å². The summed E-state index contributed by atoms with van der Waals surface area (Å²) in [6.45, 7) is 38.9. The number of esters is 1. The van der Waals surface area contributed by atoms with Gasteiger partial charge >= 0.3 is 351 Å². The van der Waals surface area contributed by atoms with E-state index in [4.69, 9.17) is 4.74 Å². The van der Waals surface area contributed by atoms with Gasteiger partial charge in [-0.15, -0.1) is 0 Å². The molecule has 5 aromatic carbocycles. The summed E-state index contributed by atoms with van der Waals surface area (Å²) in [5.41, 5.74) is 5.77. The second-order valence-corrected chi connectivity index (χ2v) is 25.9. The predicted octanol–water partition coefficient (Wildman–Crippen LogP) is 12.5. The first-order chi connectivity index (χ1) is 25.9.